The lowest BCUT2D eigenvalue weighted by Crippen LogP contribution is -2.03. The second kappa shape index (κ2) is 5.89. The van der Waals surface area contributed by atoms with Gasteiger partial charge in [-0.25, -0.2) is 9.07 Å². The molecule has 0 aliphatic carbocycles. The second-order valence-electron chi connectivity index (χ2n) is 5.00. The molecule has 3 aromatic rings. The van der Waals surface area contributed by atoms with Crippen molar-refractivity contribution in [2.45, 2.75) is 6.92 Å². The van der Waals surface area contributed by atoms with Gasteiger partial charge in [-0.1, -0.05) is 23.4 Å². The number of nitriles is 1. The van der Waals surface area contributed by atoms with E-state index in [1.807, 2.05) is 31.2 Å². The first-order valence-corrected chi connectivity index (χ1v) is 6.91. The zero-order chi connectivity index (χ0) is 16.4. The van der Waals surface area contributed by atoms with Gasteiger partial charge in [0.2, 0.25) is 0 Å². The van der Waals surface area contributed by atoms with Crippen molar-refractivity contribution < 1.29 is 9.13 Å². The Morgan fingerprint density at radius 3 is 2.74 bits per heavy atom. The van der Waals surface area contributed by atoms with Gasteiger partial charge in [0.25, 0.3) is 0 Å². The van der Waals surface area contributed by atoms with Gasteiger partial charge in [-0.15, -0.1) is 5.10 Å². The zero-order valence-corrected chi connectivity index (χ0v) is 12.6. The molecular weight excluding hydrogens is 295 g/mol. The van der Waals surface area contributed by atoms with Crippen LogP contribution in [0.25, 0.3) is 16.9 Å². The number of benzene rings is 2. The standard InChI is InChI=1S/C17H13FN4O/c1-11-6-7-16(23-2)15(8-11)22-17(14(10-19)20-21-22)12-4-3-5-13(18)9-12/h3-9H,1-2H3. The van der Waals surface area contributed by atoms with Gasteiger partial charge in [0.15, 0.2) is 5.69 Å². The number of hydrogen-bond donors (Lipinski definition) is 0. The molecule has 0 bridgehead atoms. The molecule has 114 valence electrons. The fraction of sp³-hybridized carbons (Fsp3) is 0.118. The van der Waals surface area contributed by atoms with Crippen LogP contribution in [0, 0.1) is 24.1 Å². The van der Waals surface area contributed by atoms with Gasteiger partial charge in [-0.3, -0.25) is 0 Å². The predicted octanol–water partition coefficient (Wildman–Crippen LogP) is 3.26. The molecule has 5 nitrogen and oxygen atoms in total. The van der Waals surface area contributed by atoms with Crippen molar-refractivity contribution in [3.8, 4) is 28.8 Å². The molecule has 3 rings (SSSR count). The van der Waals surface area contributed by atoms with Gasteiger partial charge in [0.05, 0.1) is 7.11 Å². The predicted molar refractivity (Wildman–Crippen MR) is 82.8 cm³/mol. The number of methoxy groups -OCH3 is 1. The lowest BCUT2D eigenvalue weighted by atomic mass is 10.1. The number of aryl methyl sites for hydroxylation is 1. The summed E-state index contributed by atoms with van der Waals surface area (Å²) in [7, 11) is 1.55. The number of hydrogen-bond acceptors (Lipinski definition) is 4. The molecule has 0 atom stereocenters. The van der Waals surface area contributed by atoms with Crippen molar-refractivity contribution in [1.29, 1.82) is 5.26 Å². The molecule has 0 unspecified atom stereocenters. The summed E-state index contributed by atoms with van der Waals surface area (Å²) in [6.07, 6.45) is 0. The van der Waals surface area contributed by atoms with Crippen LogP contribution in [0.2, 0.25) is 0 Å². The van der Waals surface area contributed by atoms with E-state index in [2.05, 4.69) is 10.3 Å². The Labute approximate surface area is 132 Å². The Morgan fingerprint density at radius 2 is 2.04 bits per heavy atom. The highest BCUT2D eigenvalue weighted by molar-refractivity contribution is 5.68. The van der Waals surface area contributed by atoms with Gasteiger partial charge in [0, 0.05) is 5.56 Å². The Hall–Kier alpha value is -3.20. The fourth-order valence-electron chi connectivity index (χ4n) is 2.39. The molecule has 0 amide bonds. The molecule has 2 aromatic carbocycles. The molecule has 0 N–H and O–H groups in total. The van der Waals surface area contributed by atoms with Crippen LogP contribution in [0.1, 0.15) is 11.3 Å². The van der Waals surface area contributed by atoms with Crippen LogP contribution < -0.4 is 4.74 Å². The summed E-state index contributed by atoms with van der Waals surface area (Å²) < 4.78 is 20.4. The molecule has 0 aliphatic heterocycles. The Balaban J connectivity index is 2.29. The van der Waals surface area contributed by atoms with Gasteiger partial charge in [0.1, 0.15) is 29.0 Å². The number of rotatable bonds is 3. The summed E-state index contributed by atoms with van der Waals surface area (Å²) in [6.45, 7) is 1.94. The van der Waals surface area contributed by atoms with Crippen LogP contribution in [-0.2, 0) is 0 Å². The molecule has 0 spiro atoms. The molecular formula is C17H13FN4O. The minimum atomic E-state index is -0.393. The minimum Gasteiger partial charge on any atom is -0.494 e. The Morgan fingerprint density at radius 1 is 1.22 bits per heavy atom. The normalized spacial score (nSPS) is 10.3. The topological polar surface area (TPSA) is 63.7 Å². The average molecular weight is 308 g/mol. The molecule has 6 heteroatoms. The van der Waals surface area contributed by atoms with Gasteiger partial charge in [-0.05, 0) is 36.8 Å². The first-order valence-electron chi connectivity index (χ1n) is 6.91. The molecule has 23 heavy (non-hydrogen) atoms. The highest BCUT2D eigenvalue weighted by Crippen LogP contribution is 2.30. The number of halogens is 1. The fourth-order valence-corrected chi connectivity index (χ4v) is 2.39. The summed E-state index contributed by atoms with van der Waals surface area (Å²) in [5.41, 5.74) is 2.71. The molecule has 0 saturated carbocycles. The third-order valence-electron chi connectivity index (χ3n) is 3.44. The highest BCUT2D eigenvalue weighted by Gasteiger charge is 2.19. The minimum absolute atomic E-state index is 0.124. The van der Waals surface area contributed by atoms with E-state index in [1.54, 1.807) is 19.2 Å². The second-order valence-corrected chi connectivity index (χ2v) is 5.00. The lowest BCUT2D eigenvalue weighted by Gasteiger charge is -2.12. The van der Waals surface area contributed by atoms with Crippen LogP contribution >= 0.6 is 0 Å². The van der Waals surface area contributed by atoms with E-state index in [1.165, 1.54) is 16.8 Å². The lowest BCUT2D eigenvalue weighted by molar-refractivity contribution is 0.411. The quantitative estimate of drug-likeness (QED) is 0.745. The van der Waals surface area contributed by atoms with Crippen LogP contribution in [0.3, 0.4) is 0 Å². The average Bonchev–Trinajstić information content (AvgIpc) is 2.98. The molecule has 0 fully saturated rings. The zero-order valence-electron chi connectivity index (χ0n) is 12.6. The van der Waals surface area contributed by atoms with E-state index in [0.717, 1.165) is 5.56 Å². The first-order chi connectivity index (χ1) is 11.1. The SMILES string of the molecule is COc1ccc(C)cc1-n1nnc(C#N)c1-c1cccc(F)c1. The van der Waals surface area contributed by atoms with Crippen LogP contribution in [-0.4, -0.2) is 22.1 Å². The van der Waals surface area contributed by atoms with Crippen molar-refractivity contribution in [3.05, 3.63) is 59.5 Å². The maximum absolute atomic E-state index is 13.6. The van der Waals surface area contributed by atoms with E-state index in [0.29, 0.717) is 22.7 Å². The van der Waals surface area contributed by atoms with Crippen molar-refractivity contribution in [2.24, 2.45) is 0 Å². The number of ether oxygens (including phenoxy) is 1. The maximum Gasteiger partial charge on any atom is 0.191 e. The maximum atomic E-state index is 13.6. The summed E-state index contributed by atoms with van der Waals surface area (Å²) in [4.78, 5) is 0. The summed E-state index contributed by atoms with van der Waals surface area (Å²) >= 11 is 0. The molecule has 1 aromatic heterocycles. The van der Waals surface area contributed by atoms with Gasteiger partial charge < -0.3 is 4.74 Å². The third-order valence-corrected chi connectivity index (χ3v) is 3.44. The van der Waals surface area contributed by atoms with Crippen LogP contribution in [0.15, 0.2) is 42.5 Å². The van der Waals surface area contributed by atoms with E-state index < -0.39 is 5.82 Å². The van der Waals surface area contributed by atoms with E-state index in [4.69, 9.17) is 4.74 Å². The molecule has 0 aliphatic rings. The summed E-state index contributed by atoms with van der Waals surface area (Å²) in [6, 6.07) is 13.6. The summed E-state index contributed by atoms with van der Waals surface area (Å²) in [5, 5.41) is 17.3. The molecule has 0 radical (unpaired) electrons. The summed E-state index contributed by atoms with van der Waals surface area (Å²) in [5.74, 6) is 0.193. The van der Waals surface area contributed by atoms with Gasteiger partial charge >= 0.3 is 0 Å². The first kappa shape index (κ1) is 14.7. The molecule has 0 saturated heterocycles. The Bertz CT molecular complexity index is 911. The third kappa shape index (κ3) is 2.64. The van der Waals surface area contributed by atoms with Crippen LogP contribution in [0.4, 0.5) is 4.39 Å². The van der Waals surface area contributed by atoms with Crippen molar-refractivity contribution in [1.82, 2.24) is 15.0 Å². The van der Waals surface area contributed by atoms with Crippen molar-refractivity contribution in [3.63, 3.8) is 0 Å². The Kier molecular flexibility index (Phi) is 3.77. The van der Waals surface area contributed by atoms with Crippen molar-refractivity contribution >= 4 is 0 Å². The van der Waals surface area contributed by atoms with E-state index in [9.17, 15) is 9.65 Å². The smallest absolute Gasteiger partial charge is 0.191 e. The molecule has 1 heterocycles. The van der Waals surface area contributed by atoms with E-state index >= 15 is 0 Å². The number of nitrogens with zero attached hydrogens (tertiary/aromatic N) is 4. The van der Waals surface area contributed by atoms with Gasteiger partial charge in [-0.2, -0.15) is 5.26 Å². The van der Waals surface area contributed by atoms with E-state index in [-0.39, 0.29) is 5.69 Å². The highest BCUT2D eigenvalue weighted by atomic mass is 19.1. The van der Waals surface area contributed by atoms with Crippen molar-refractivity contribution in [2.75, 3.05) is 7.11 Å². The number of aromatic nitrogens is 3. The largest absolute Gasteiger partial charge is 0.494 e. The monoisotopic (exact) mass is 308 g/mol. The van der Waals surface area contributed by atoms with Crippen LogP contribution in [0.5, 0.6) is 5.75 Å².